The third kappa shape index (κ3) is 3.73. The second-order valence-corrected chi connectivity index (χ2v) is 6.37. The maximum Gasteiger partial charge on any atom is 0.197 e. The Kier molecular flexibility index (Phi) is 4.63. The number of hydrogen-bond acceptors (Lipinski definition) is 5. The molecular formula is C13H17N3S2. The first-order valence-electron chi connectivity index (χ1n) is 5.73. The lowest BCUT2D eigenvalue weighted by Gasteiger charge is -2.04. The number of anilines is 1. The summed E-state index contributed by atoms with van der Waals surface area (Å²) in [5.74, 6) is 7.32. The number of rotatable bonds is 5. The zero-order valence-electron chi connectivity index (χ0n) is 10.6. The Bertz CT molecular complexity index is 502. The summed E-state index contributed by atoms with van der Waals surface area (Å²) in [6.07, 6.45) is 1.88. The van der Waals surface area contributed by atoms with E-state index in [2.05, 4.69) is 42.5 Å². The van der Waals surface area contributed by atoms with Gasteiger partial charge in [-0.2, -0.15) is 11.8 Å². The Morgan fingerprint density at radius 3 is 2.56 bits per heavy atom. The van der Waals surface area contributed by atoms with Crippen LogP contribution in [0.4, 0.5) is 5.13 Å². The number of nitrogens with two attached hydrogens (primary N) is 1. The molecule has 0 aliphatic carbocycles. The van der Waals surface area contributed by atoms with Gasteiger partial charge in [-0.05, 0) is 19.4 Å². The van der Waals surface area contributed by atoms with E-state index in [1.807, 2.05) is 18.0 Å². The summed E-state index contributed by atoms with van der Waals surface area (Å²) < 4.78 is 0. The molecule has 0 aliphatic heterocycles. The van der Waals surface area contributed by atoms with E-state index >= 15 is 0 Å². The molecule has 0 unspecified atom stereocenters. The van der Waals surface area contributed by atoms with Crippen LogP contribution in [0.3, 0.4) is 0 Å². The minimum atomic E-state index is 0.775. The Morgan fingerprint density at radius 2 is 1.94 bits per heavy atom. The molecule has 0 aliphatic rings. The van der Waals surface area contributed by atoms with E-state index in [-0.39, 0.29) is 0 Å². The molecule has 1 aromatic carbocycles. The predicted octanol–water partition coefficient (Wildman–Crippen LogP) is 3.48. The standard InChI is InChI=1S/C13H17N3S2/c1-9-3-10(2)5-11(4-9)7-17-8-12-6-15-13(16-14)18-12/h3-6H,7-8,14H2,1-2H3,(H,15,16). The predicted molar refractivity (Wildman–Crippen MR) is 80.8 cm³/mol. The molecule has 18 heavy (non-hydrogen) atoms. The first kappa shape index (κ1) is 13.4. The molecule has 0 saturated carbocycles. The number of hydrogen-bond donors (Lipinski definition) is 2. The van der Waals surface area contributed by atoms with Crippen LogP contribution in [0.2, 0.25) is 0 Å². The van der Waals surface area contributed by atoms with Crippen LogP contribution in [0.25, 0.3) is 0 Å². The summed E-state index contributed by atoms with van der Waals surface area (Å²) >= 11 is 3.51. The molecule has 0 fully saturated rings. The van der Waals surface area contributed by atoms with Crippen LogP contribution in [0.1, 0.15) is 21.6 Å². The van der Waals surface area contributed by atoms with Crippen LogP contribution in [-0.2, 0) is 11.5 Å². The van der Waals surface area contributed by atoms with Crippen molar-refractivity contribution in [2.75, 3.05) is 5.43 Å². The topological polar surface area (TPSA) is 50.9 Å². The molecule has 0 saturated heterocycles. The molecule has 96 valence electrons. The lowest BCUT2D eigenvalue weighted by Crippen LogP contribution is -2.05. The monoisotopic (exact) mass is 279 g/mol. The number of thioether (sulfide) groups is 1. The van der Waals surface area contributed by atoms with Crippen LogP contribution < -0.4 is 11.3 Å². The second kappa shape index (κ2) is 6.22. The highest BCUT2D eigenvalue weighted by molar-refractivity contribution is 7.97. The lowest BCUT2D eigenvalue weighted by molar-refractivity contribution is 1.27. The largest absolute Gasteiger partial charge is 0.300 e. The fourth-order valence-corrected chi connectivity index (χ4v) is 3.65. The van der Waals surface area contributed by atoms with Gasteiger partial charge in [0.05, 0.1) is 0 Å². The summed E-state index contributed by atoms with van der Waals surface area (Å²) in [5.41, 5.74) is 6.62. The molecule has 2 rings (SSSR count). The minimum absolute atomic E-state index is 0.775. The second-order valence-electron chi connectivity index (χ2n) is 4.26. The highest BCUT2D eigenvalue weighted by Gasteiger charge is 2.02. The maximum absolute atomic E-state index is 5.31. The number of nitrogen functional groups attached to an aromatic ring is 1. The maximum atomic E-state index is 5.31. The minimum Gasteiger partial charge on any atom is -0.300 e. The van der Waals surface area contributed by atoms with Crippen molar-refractivity contribution in [2.24, 2.45) is 5.84 Å². The fourth-order valence-electron chi connectivity index (χ4n) is 1.86. The molecule has 1 aromatic heterocycles. The highest BCUT2D eigenvalue weighted by atomic mass is 32.2. The van der Waals surface area contributed by atoms with Gasteiger partial charge in [-0.1, -0.05) is 29.3 Å². The van der Waals surface area contributed by atoms with Gasteiger partial charge in [0.2, 0.25) is 0 Å². The molecule has 2 aromatic rings. The van der Waals surface area contributed by atoms with Gasteiger partial charge in [-0.3, -0.25) is 5.43 Å². The molecular weight excluding hydrogens is 262 g/mol. The van der Waals surface area contributed by atoms with Crippen LogP contribution in [0.5, 0.6) is 0 Å². The first-order chi connectivity index (χ1) is 8.67. The first-order valence-corrected chi connectivity index (χ1v) is 7.71. The molecule has 1 heterocycles. The van der Waals surface area contributed by atoms with E-state index in [0.29, 0.717) is 0 Å². The normalized spacial score (nSPS) is 10.6. The Morgan fingerprint density at radius 1 is 1.22 bits per heavy atom. The third-order valence-corrected chi connectivity index (χ3v) is 4.64. The van der Waals surface area contributed by atoms with Gasteiger partial charge in [0.15, 0.2) is 5.13 Å². The van der Waals surface area contributed by atoms with Crippen molar-refractivity contribution in [1.82, 2.24) is 4.98 Å². The average molecular weight is 279 g/mol. The molecule has 0 bridgehead atoms. The van der Waals surface area contributed by atoms with Crippen LogP contribution in [-0.4, -0.2) is 4.98 Å². The van der Waals surface area contributed by atoms with E-state index in [0.717, 1.165) is 16.6 Å². The molecule has 0 amide bonds. The Labute approximate surface area is 116 Å². The summed E-state index contributed by atoms with van der Waals surface area (Å²) in [6.45, 7) is 4.28. The van der Waals surface area contributed by atoms with Gasteiger partial charge in [-0.15, -0.1) is 11.3 Å². The molecule has 3 nitrogen and oxygen atoms in total. The van der Waals surface area contributed by atoms with Gasteiger partial charge in [0.25, 0.3) is 0 Å². The summed E-state index contributed by atoms with van der Waals surface area (Å²) in [7, 11) is 0. The van der Waals surface area contributed by atoms with Gasteiger partial charge >= 0.3 is 0 Å². The fraction of sp³-hybridized carbons (Fsp3) is 0.308. The molecule has 0 radical (unpaired) electrons. The summed E-state index contributed by atoms with van der Waals surface area (Å²) in [6, 6.07) is 6.70. The van der Waals surface area contributed by atoms with Crippen LogP contribution in [0.15, 0.2) is 24.4 Å². The van der Waals surface area contributed by atoms with Crippen LogP contribution in [0, 0.1) is 13.8 Å². The van der Waals surface area contributed by atoms with Crippen molar-refractivity contribution in [3.8, 4) is 0 Å². The van der Waals surface area contributed by atoms with Crippen molar-refractivity contribution in [3.05, 3.63) is 46.0 Å². The quantitative estimate of drug-likeness (QED) is 0.650. The highest BCUT2D eigenvalue weighted by Crippen LogP contribution is 2.24. The van der Waals surface area contributed by atoms with Gasteiger partial charge in [0, 0.05) is 22.6 Å². The number of thiazole rings is 1. The molecule has 5 heteroatoms. The van der Waals surface area contributed by atoms with E-state index in [1.165, 1.54) is 21.6 Å². The Hall–Kier alpha value is -1.04. The van der Waals surface area contributed by atoms with E-state index in [9.17, 15) is 0 Å². The molecule has 0 atom stereocenters. The summed E-state index contributed by atoms with van der Waals surface area (Å²) in [5, 5.41) is 0.775. The molecule has 0 spiro atoms. The van der Waals surface area contributed by atoms with E-state index in [1.54, 1.807) is 11.3 Å². The SMILES string of the molecule is Cc1cc(C)cc(CSCc2cnc(NN)s2)c1. The lowest BCUT2D eigenvalue weighted by atomic mass is 10.1. The van der Waals surface area contributed by atoms with Crippen molar-refractivity contribution >= 4 is 28.2 Å². The van der Waals surface area contributed by atoms with E-state index in [4.69, 9.17) is 5.84 Å². The number of aromatic nitrogens is 1. The third-order valence-electron chi connectivity index (χ3n) is 2.47. The number of benzene rings is 1. The van der Waals surface area contributed by atoms with Crippen molar-refractivity contribution in [3.63, 3.8) is 0 Å². The van der Waals surface area contributed by atoms with Gasteiger partial charge in [0.1, 0.15) is 0 Å². The molecule has 3 N–H and O–H groups in total. The Balaban J connectivity index is 1.88. The van der Waals surface area contributed by atoms with Gasteiger partial charge in [-0.25, -0.2) is 10.8 Å². The van der Waals surface area contributed by atoms with E-state index < -0.39 is 0 Å². The zero-order valence-corrected chi connectivity index (χ0v) is 12.2. The van der Waals surface area contributed by atoms with Crippen molar-refractivity contribution in [2.45, 2.75) is 25.4 Å². The van der Waals surface area contributed by atoms with Crippen molar-refractivity contribution in [1.29, 1.82) is 0 Å². The van der Waals surface area contributed by atoms with Gasteiger partial charge < -0.3 is 0 Å². The zero-order chi connectivity index (χ0) is 13.0. The summed E-state index contributed by atoms with van der Waals surface area (Å²) in [4.78, 5) is 5.41. The number of nitrogens with one attached hydrogen (secondary N) is 1. The van der Waals surface area contributed by atoms with Crippen molar-refractivity contribution < 1.29 is 0 Å². The number of aryl methyl sites for hydroxylation is 2. The smallest absolute Gasteiger partial charge is 0.197 e. The van der Waals surface area contributed by atoms with Crippen LogP contribution >= 0.6 is 23.1 Å². The average Bonchev–Trinajstić information content (AvgIpc) is 2.76. The number of nitrogens with zero attached hydrogens (tertiary/aromatic N) is 1. The number of hydrazine groups is 1.